The van der Waals surface area contributed by atoms with Gasteiger partial charge in [0, 0.05) is 13.6 Å². The van der Waals surface area contributed by atoms with Crippen LogP contribution < -0.4 is 0 Å². The van der Waals surface area contributed by atoms with Gasteiger partial charge in [-0.3, -0.25) is 9.59 Å². The fraction of sp³-hybridized carbons (Fsp3) is 0.429. The molecule has 0 saturated carbocycles. The van der Waals surface area contributed by atoms with E-state index in [0.29, 0.717) is 6.61 Å². The maximum absolute atomic E-state index is 11.9. The molecule has 1 N–H and O–H groups in total. The Hall–Kier alpha value is -1.88. The normalized spacial score (nSPS) is 11.9. The number of carboxylic acid groups (broad SMARTS) is 1. The third-order valence-electron chi connectivity index (χ3n) is 2.73. The third kappa shape index (κ3) is 5.52. The lowest BCUT2D eigenvalue weighted by molar-refractivity contribution is -0.143. The van der Waals surface area contributed by atoms with Crippen molar-refractivity contribution in [2.45, 2.75) is 26.1 Å². The molecule has 0 saturated heterocycles. The van der Waals surface area contributed by atoms with E-state index in [0.717, 1.165) is 5.56 Å². The summed E-state index contributed by atoms with van der Waals surface area (Å²) in [6.07, 6.45) is -0.646. The lowest BCUT2D eigenvalue weighted by Crippen LogP contribution is -2.37. The minimum Gasteiger partial charge on any atom is -0.481 e. The molecule has 0 aliphatic heterocycles. The first-order valence-corrected chi connectivity index (χ1v) is 6.13. The van der Waals surface area contributed by atoms with Crippen molar-refractivity contribution in [3.05, 3.63) is 35.9 Å². The van der Waals surface area contributed by atoms with E-state index in [-0.39, 0.29) is 18.9 Å². The van der Waals surface area contributed by atoms with E-state index in [1.54, 1.807) is 14.0 Å². The van der Waals surface area contributed by atoms with Crippen molar-refractivity contribution in [2.75, 3.05) is 13.6 Å². The average molecular weight is 265 g/mol. The van der Waals surface area contributed by atoms with E-state index < -0.39 is 12.1 Å². The Bertz CT molecular complexity index is 419. The van der Waals surface area contributed by atoms with Crippen molar-refractivity contribution in [3.8, 4) is 0 Å². The Morgan fingerprint density at radius 1 is 1.32 bits per heavy atom. The van der Waals surface area contributed by atoms with Crippen LogP contribution in [-0.4, -0.2) is 41.6 Å². The zero-order valence-corrected chi connectivity index (χ0v) is 11.2. The van der Waals surface area contributed by atoms with Crippen LogP contribution in [0.2, 0.25) is 0 Å². The molecule has 1 aromatic rings. The molecule has 5 heteroatoms. The molecule has 1 amide bonds. The van der Waals surface area contributed by atoms with Gasteiger partial charge in [0.25, 0.3) is 5.91 Å². The van der Waals surface area contributed by atoms with Crippen molar-refractivity contribution < 1.29 is 19.4 Å². The Morgan fingerprint density at radius 2 is 1.95 bits per heavy atom. The number of benzene rings is 1. The zero-order chi connectivity index (χ0) is 14.3. The van der Waals surface area contributed by atoms with Crippen molar-refractivity contribution in [3.63, 3.8) is 0 Å². The second-order valence-electron chi connectivity index (χ2n) is 4.34. The standard InChI is InChI=1S/C14H19NO4/c1-11(14(18)15(2)9-8-13(16)17)19-10-12-6-4-3-5-7-12/h3-7,11H,8-10H2,1-2H3,(H,16,17). The Kier molecular flexibility index (Phi) is 6.02. The number of carbonyl (C=O) groups excluding carboxylic acids is 1. The summed E-state index contributed by atoms with van der Waals surface area (Å²) in [7, 11) is 1.58. The topological polar surface area (TPSA) is 66.8 Å². The molecule has 0 aromatic heterocycles. The molecule has 1 rings (SSSR count). The number of hydrogen-bond acceptors (Lipinski definition) is 3. The Balaban J connectivity index is 2.38. The first-order chi connectivity index (χ1) is 9.00. The molecule has 1 aromatic carbocycles. The number of amides is 1. The summed E-state index contributed by atoms with van der Waals surface area (Å²) < 4.78 is 5.48. The van der Waals surface area contributed by atoms with Crippen LogP contribution in [0.25, 0.3) is 0 Å². The number of carboxylic acids is 1. The predicted molar refractivity (Wildman–Crippen MR) is 70.6 cm³/mol. The lowest BCUT2D eigenvalue weighted by atomic mass is 10.2. The van der Waals surface area contributed by atoms with Crippen molar-refractivity contribution >= 4 is 11.9 Å². The van der Waals surface area contributed by atoms with Gasteiger partial charge >= 0.3 is 5.97 Å². The minimum absolute atomic E-state index is 0.0619. The number of hydrogen-bond donors (Lipinski definition) is 1. The van der Waals surface area contributed by atoms with E-state index in [9.17, 15) is 9.59 Å². The highest BCUT2D eigenvalue weighted by Crippen LogP contribution is 2.05. The SMILES string of the molecule is CC(OCc1ccccc1)C(=O)N(C)CCC(=O)O. The molecule has 0 bridgehead atoms. The van der Waals surface area contributed by atoms with E-state index >= 15 is 0 Å². The molecule has 5 nitrogen and oxygen atoms in total. The van der Waals surface area contributed by atoms with Crippen LogP contribution in [0.4, 0.5) is 0 Å². The Morgan fingerprint density at radius 3 is 2.53 bits per heavy atom. The van der Waals surface area contributed by atoms with Gasteiger partial charge in [0.2, 0.25) is 0 Å². The second kappa shape index (κ2) is 7.53. The number of carbonyl (C=O) groups is 2. The van der Waals surface area contributed by atoms with Crippen LogP contribution in [0.3, 0.4) is 0 Å². The highest BCUT2D eigenvalue weighted by Gasteiger charge is 2.18. The summed E-state index contributed by atoms with van der Waals surface area (Å²) >= 11 is 0. The summed E-state index contributed by atoms with van der Waals surface area (Å²) in [5, 5.41) is 8.57. The third-order valence-corrected chi connectivity index (χ3v) is 2.73. The first kappa shape index (κ1) is 15.2. The molecule has 0 heterocycles. The summed E-state index contributed by atoms with van der Waals surface area (Å²) in [4.78, 5) is 23.7. The fourth-order valence-corrected chi connectivity index (χ4v) is 1.55. The quantitative estimate of drug-likeness (QED) is 0.811. The van der Waals surface area contributed by atoms with Gasteiger partial charge < -0.3 is 14.7 Å². The molecule has 0 fully saturated rings. The fourth-order valence-electron chi connectivity index (χ4n) is 1.55. The van der Waals surface area contributed by atoms with Gasteiger partial charge in [-0.15, -0.1) is 0 Å². The number of nitrogens with zero attached hydrogens (tertiary/aromatic N) is 1. The molecule has 1 atom stereocenters. The molecule has 0 aliphatic carbocycles. The molecule has 0 radical (unpaired) electrons. The van der Waals surface area contributed by atoms with Gasteiger partial charge in [-0.25, -0.2) is 0 Å². The molecule has 19 heavy (non-hydrogen) atoms. The molecular formula is C14H19NO4. The van der Waals surface area contributed by atoms with Crippen LogP contribution >= 0.6 is 0 Å². The van der Waals surface area contributed by atoms with Gasteiger partial charge in [0.15, 0.2) is 0 Å². The highest BCUT2D eigenvalue weighted by atomic mass is 16.5. The van der Waals surface area contributed by atoms with Crippen molar-refractivity contribution in [1.29, 1.82) is 0 Å². The molecular weight excluding hydrogens is 246 g/mol. The van der Waals surface area contributed by atoms with Gasteiger partial charge in [-0.1, -0.05) is 30.3 Å². The maximum Gasteiger partial charge on any atom is 0.305 e. The zero-order valence-electron chi connectivity index (χ0n) is 11.2. The number of rotatable bonds is 7. The largest absolute Gasteiger partial charge is 0.481 e. The predicted octanol–water partition coefficient (Wildman–Crippen LogP) is 1.52. The van der Waals surface area contributed by atoms with Gasteiger partial charge in [-0.05, 0) is 12.5 Å². The van der Waals surface area contributed by atoms with Crippen LogP contribution in [0.1, 0.15) is 18.9 Å². The van der Waals surface area contributed by atoms with Crippen LogP contribution in [0.5, 0.6) is 0 Å². The first-order valence-electron chi connectivity index (χ1n) is 6.13. The molecule has 104 valence electrons. The number of likely N-dealkylation sites (N-methyl/N-ethyl adjacent to an activating group) is 1. The van der Waals surface area contributed by atoms with E-state index in [1.165, 1.54) is 4.90 Å². The summed E-state index contributed by atoms with van der Waals surface area (Å²) in [6.45, 7) is 2.22. The lowest BCUT2D eigenvalue weighted by Gasteiger charge is -2.21. The van der Waals surface area contributed by atoms with Gasteiger partial charge in [0.1, 0.15) is 6.10 Å². The van der Waals surface area contributed by atoms with Crippen LogP contribution in [0.15, 0.2) is 30.3 Å². The summed E-state index contributed by atoms with van der Waals surface area (Å²) in [5.74, 6) is -1.13. The summed E-state index contributed by atoms with van der Waals surface area (Å²) in [5.41, 5.74) is 0.996. The second-order valence-corrected chi connectivity index (χ2v) is 4.34. The van der Waals surface area contributed by atoms with E-state index in [1.807, 2.05) is 30.3 Å². The number of aliphatic carboxylic acids is 1. The number of ether oxygens (including phenoxy) is 1. The van der Waals surface area contributed by atoms with Crippen LogP contribution in [-0.2, 0) is 20.9 Å². The molecule has 1 unspecified atom stereocenters. The van der Waals surface area contributed by atoms with Crippen molar-refractivity contribution in [2.24, 2.45) is 0 Å². The summed E-state index contributed by atoms with van der Waals surface area (Å²) in [6, 6.07) is 9.57. The molecule has 0 aliphatic rings. The highest BCUT2D eigenvalue weighted by molar-refractivity contribution is 5.80. The van der Waals surface area contributed by atoms with E-state index in [2.05, 4.69) is 0 Å². The van der Waals surface area contributed by atoms with Crippen molar-refractivity contribution in [1.82, 2.24) is 4.90 Å². The maximum atomic E-state index is 11.9. The Labute approximate surface area is 112 Å². The van der Waals surface area contributed by atoms with Gasteiger partial charge in [-0.2, -0.15) is 0 Å². The monoisotopic (exact) mass is 265 g/mol. The minimum atomic E-state index is -0.919. The van der Waals surface area contributed by atoms with Gasteiger partial charge in [0.05, 0.1) is 13.0 Å². The smallest absolute Gasteiger partial charge is 0.305 e. The average Bonchev–Trinajstić information content (AvgIpc) is 2.42. The molecule has 0 spiro atoms. The van der Waals surface area contributed by atoms with Crippen LogP contribution in [0, 0.1) is 0 Å². The van der Waals surface area contributed by atoms with E-state index in [4.69, 9.17) is 9.84 Å².